The molecular formula is C16H17NO5S. The summed E-state index contributed by atoms with van der Waals surface area (Å²) in [5, 5.41) is 18.0. The fourth-order valence-electron chi connectivity index (χ4n) is 2.13. The van der Waals surface area contributed by atoms with Crippen LogP contribution in [0.15, 0.2) is 24.3 Å². The highest BCUT2D eigenvalue weighted by molar-refractivity contribution is 7.18. The van der Waals surface area contributed by atoms with Crippen molar-refractivity contribution in [3.05, 3.63) is 34.7 Å². The Labute approximate surface area is 137 Å². The molecule has 0 bridgehead atoms. The molecule has 2 aromatic rings. The summed E-state index contributed by atoms with van der Waals surface area (Å²) in [5.41, 5.74) is 2.53. The Kier molecular flexibility index (Phi) is 4.90. The van der Waals surface area contributed by atoms with Gasteiger partial charge in [-0.25, -0.2) is 9.59 Å². The van der Waals surface area contributed by atoms with Crippen LogP contribution < -0.4 is 9.64 Å². The van der Waals surface area contributed by atoms with E-state index >= 15 is 0 Å². The summed E-state index contributed by atoms with van der Waals surface area (Å²) >= 11 is 1.08. The van der Waals surface area contributed by atoms with Crippen molar-refractivity contribution in [1.29, 1.82) is 0 Å². The van der Waals surface area contributed by atoms with Gasteiger partial charge in [0.2, 0.25) is 0 Å². The van der Waals surface area contributed by atoms with E-state index in [1.165, 1.54) is 0 Å². The minimum atomic E-state index is -1.15. The van der Waals surface area contributed by atoms with Crippen LogP contribution >= 0.6 is 11.3 Å². The second-order valence-electron chi connectivity index (χ2n) is 5.14. The predicted molar refractivity (Wildman–Crippen MR) is 88.9 cm³/mol. The molecule has 0 spiro atoms. The molecule has 0 radical (unpaired) electrons. The van der Waals surface area contributed by atoms with Crippen LogP contribution in [0.3, 0.4) is 0 Å². The van der Waals surface area contributed by atoms with Crippen LogP contribution in [0.2, 0.25) is 0 Å². The Morgan fingerprint density at radius 1 is 1.17 bits per heavy atom. The molecule has 0 amide bonds. The highest BCUT2D eigenvalue weighted by Crippen LogP contribution is 2.41. The molecule has 0 saturated carbocycles. The van der Waals surface area contributed by atoms with E-state index in [1.807, 2.05) is 43.3 Å². The zero-order chi connectivity index (χ0) is 17.1. The van der Waals surface area contributed by atoms with Crippen molar-refractivity contribution in [2.24, 2.45) is 0 Å². The van der Waals surface area contributed by atoms with Gasteiger partial charge in [0, 0.05) is 30.2 Å². The highest BCUT2D eigenvalue weighted by Gasteiger charge is 2.23. The lowest BCUT2D eigenvalue weighted by molar-refractivity contribution is -0.139. The molecule has 2 N–H and O–H groups in total. The standard InChI is InChI=1S/C16H17NO5S/c1-9-13(22-8-12(18)19)15(16(20)21)23-14(9)10-4-6-11(7-5-10)17(2)3/h4-7H,8H2,1-3H3,(H,18,19)(H,20,21). The van der Waals surface area contributed by atoms with Gasteiger partial charge >= 0.3 is 11.9 Å². The first-order chi connectivity index (χ1) is 10.8. The number of carbonyl (C=O) groups is 2. The Hall–Kier alpha value is -2.54. The molecule has 0 saturated heterocycles. The second-order valence-corrected chi connectivity index (χ2v) is 6.16. The number of ether oxygens (including phenoxy) is 1. The van der Waals surface area contributed by atoms with Gasteiger partial charge < -0.3 is 19.8 Å². The summed E-state index contributed by atoms with van der Waals surface area (Å²) in [6, 6.07) is 7.68. The quantitative estimate of drug-likeness (QED) is 0.844. The lowest BCUT2D eigenvalue weighted by Gasteiger charge is -2.12. The minimum Gasteiger partial charge on any atom is -0.480 e. The third-order valence-electron chi connectivity index (χ3n) is 3.27. The summed E-state index contributed by atoms with van der Waals surface area (Å²) in [6.45, 7) is 1.16. The lowest BCUT2D eigenvalue weighted by atomic mass is 10.1. The molecule has 0 fully saturated rings. The van der Waals surface area contributed by atoms with Crippen LogP contribution in [0.25, 0.3) is 10.4 Å². The zero-order valence-corrected chi connectivity index (χ0v) is 13.8. The average Bonchev–Trinajstić information content (AvgIpc) is 2.82. The molecule has 0 aliphatic rings. The molecule has 1 aromatic carbocycles. The topological polar surface area (TPSA) is 87.1 Å². The maximum Gasteiger partial charge on any atom is 0.349 e. The SMILES string of the molecule is Cc1c(-c2ccc(N(C)C)cc2)sc(C(=O)O)c1OCC(=O)O. The van der Waals surface area contributed by atoms with Crippen molar-refractivity contribution in [2.75, 3.05) is 25.6 Å². The lowest BCUT2D eigenvalue weighted by Crippen LogP contribution is -2.11. The Morgan fingerprint density at radius 2 is 1.78 bits per heavy atom. The van der Waals surface area contributed by atoms with E-state index in [2.05, 4.69) is 0 Å². The number of carboxylic acid groups (broad SMARTS) is 2. The van der Waals surface area contributed by atoms with Crippen LogP contribution in [0.4, 0.5) is 5.69 Å². The zero-order valence-electron chi connectivity index (χ0n) is 13.0. The van der Waals surface area contributed by atoms with Gasteiger partial charge in [-0.2, -0.15) is 0 Å². The normalized spacial score (nSPS) is 10.4. The first kappa shape index (κ1) is 16.8. The van der Waals surface area contributed by atoms with Crippen LogP contribution in [-0.4, -0.2) is 42.9 Å². The predicted octanol–water partition coefficient (Wildman–Crippen LogP) is 2.95. The Balaban J connectivity index is 2.44. The summed E-state index contributed by atoms with van der Waals surface area (Å²) in [5.74, 6) is -2.16. The number of hydrogen-bond donors (Lipinski definition) is 2. The second kappa shape index (κ2) is 6.70. The summed E-state index contributed by atoms with van der Waals surface area (Å²) in [7, 11) is 3.87. The fraction of sp³-hybridized carbons (Fsp3) is 0.250. The molecule has 1 aromatic heterocycles. The maximum atomic E-state index is 11.4. The van der Waals surface area contributed by atoms with E-state index in [0.29, 0.717) is 5.56 Å². The molecular weight excluding hydrogens is 318 g/mol. The van der Waals surface area contributed by atoms with Gasteiger partial charge in [0.15, 0.2) is 11.5 Å². The number of rotatable bonds is 6. The molecule has 2 rings (SSSR count). The van der Waals surface area contributed by atoms with Crippen LogP contribution in [-0.2, 0) is 4.79 Å². The molecule has 122 valence electrons. The highest BCUT2D eigenvalue weighted by atomic mass is 32.1. The number of carboxylic acids is 2. The minimum absolute atomic E-state index is 0.00966. The van der Waals surface area contributed by atoms with Crippen molar-refractivity contribution in [1.82, 2.24) is 0 Å². The fourth-order valence-corrected chi connectivity index (χ4v) is 3.23. The third-order valence-corrected chi connectivity index (χ3v) is 4.58. The van der Waals surface area contributed by atoms with Gasteiger partial charge in [-0.1, -0.05) is 12.1 Å². The van der Waals surface area contributed by atoms with Gasteiger partial charge in [-0.05, 0) is 24.6 Å². The van der Waals surface area contributed by atoms with Crippen molar-refractivity contribution >= 4 is 29.0 Å². The van der Waals surface area contributed by atoms with Gasteiger partial charge in [-0.15, -0.1) is 11.3 Å². The monoisotopic (exact) mass is 335 g/mol. The molecule has 0 aliphatic carbocycles. The first-order valence-corrected chi connectivity index (χ1v) is 7.62. The van der Waals surface area contributed by atoms with Crippen molar-refractivity contribution in [3.63, 3.8) is 0 Å². The van der Waals surface area contributed by atoms with Crippen LogP contribution in [0.1, 0.15) is 15.2 Å². The number of nitrogens with zero attached hydrogens (tertiary/aromatic N) is 1. The van der Waals surface area contributed by atoms with E-state index in [4.69, 9.17) is 9.84 Å². The van der Waals surface area contributed by atoms with E-state index in [1.54, 1.807) is 6.92 Å². The van der Waals surface area contributed by atoms with E-state index in [9.17, 15) is 14.7 Å². The largest absolute Gasteiger partial charge is 0.480 e. The van der Waals surface area contributed by atoms with Gasteiger partial charge in [0.1, 0.15) is 5.75 Å². The number of benzene rings is 1. The molecule has 1 heterocycles. The van der Waals surface area contributed by atoms with Crippen molar-refractivity contribution in [2.45, 2.75) is 6.92 Å². The van der Waals surface area contributed by atoms with Crippen molar-refractivity contribution < 1.29 is 24.5 Å². The Bertz CT molecular complexity index is 734. The van der Waals surface area contributed by atoms with Gasteiger partial charge in [-0.3, -0.25) is 0 Å². The number of thiophene rings is 1. The molecule has 0 atom stereocenters. The smallest absolute Gasteiger partial charge is 0.349 e. The average molecular weight is 335 g/mol. The molecule has 23 heavy (non-hydrogen) atoms. The third kappa shape index (κ3) is 3.62. The maximum absolute atomic E-state index is 11.4. The molecule has 7 heteroatoms. The van der Waals surface area contributed by atoms with E-state index in [0.717, 1.165) is 27.5 Å². The number of aromatic carboxylic acids is 1. The van der Waals surface area contributed by atoms with E-state index < -0.39 is 18.5 Å². The van der Waals surface area contributed by atoms with Crippen LogP contribution in [0.5, 0.6) is 5.75 Å². The summed E-state index contributed by atoms with van der Waals surface area (Å²) in [6.07, 6.45) is 0. The molecule has 0 aliphatic heterocycles. The van der Waals surface area contributed by atoms with Gasteiger partial charge in [0.25, 0.3) is 0 Å². The van der Waals surface area contributed by atoms with Gasteiger partial charge in [0.05, 0.1) is 0 Å². The summed E-state index contributed by atoms with van der Waals surface area (Å²) < 4.78 is 5.18. The molecule has 6 nitrogen and oxygen atoms in total. The van der Waals surface area contributed by atoms with Crippen molar-refractivity contribution in [3.8, 4) is 16.2 Å². The number of hydrogen-bond acceptors (Lipinski definition) is 5. The van der Waals surface area contributed by atoms with Crippen LogP contribution in [0, 0.1) is 6.92 Å². The number of aliphatic carboxylic acids is 1. The Morgan fingerprint density at radius 3 is 2.26 bits per heavy atom. The van der Waals surface area contributed by atoms with E-state index in [-0.39, 0.29) is 10.6 Å². The number of anilines is 1. The summed E-state index contributed by atoms with van der Waals surface area (Å²) in [4.78, 5) is 24.8. The first-order valence-electron chi connectivity index (χ1n) is 6.80. The molecule has 0 unspecified atom stereocenters.